The van der Waals surface area contributed by atoms with Crippen LogP contribution in [0.1, 0.15) is 28.9 Å². The Kier molecular flexibility index (Phi) is 4.58. The van der Waals surface area contributed by atoms with Crippen LogP contribution in [0.2, 0.25) is 0 Å². The molecule has 1 atom stereocenters. The number of benzene rings is 1. The normalized spacial score (nSPS) is 20.3. The number of rotatable bonds is 3. The fraction of sp³-hybridized carbons (Fsp3) is 0.312. The van der Waals surface area contributed by atoms with E-state index in [1.54, 1.807) is 12.1 Å². The van der Waals surface area contributed by atoms with Crippen LogP contribution in [0.25, 0.3) is 0 Å². The molecule has 2 aromatic rings. The third-order valence-electron chi connectivity index (χ3n) is 3.81. The lowest BCUT2D eigenvalue weighted by molar-refractivity contribution is -0.355. The minimum atomic E-state index is -4.99. The van der Waals surface area contributed by atoms with Crippen LogP contribution in [0, 0.1) is 0 Å². The van der Waals surface area contributed by atoms with E-state index in [1.807, 2.05) is 0 Å². The van der Waals surface area contributed by atoms with E-state index in [9.17, 15) is 31.4 Å². The zero-order chi connectivity index (χ0) is 19.9. The van der Waals surface area contributed by atoms with Crippen LogP contribution in [0.3, 0.4) is 0 Å². The first-order chi connectivity index (χ1) is 12.5. The first-order valence-electron chi connectivity index (χ1n) is 7.49. The van der Waals surface area contributed by atoms with E-state index < -0.39 is 30.4 Å². The molecule has 2 heterocycles. The molecule has 0 fully saturated rings. The van der Waals surface area contributed by atoms with Crippen LogP contribution in [-0.4, -0.2) is 32.7 Å². The second kappa shape index (κ2) is 6.48. The van der Waals surface area contributed by atoms with Crippen LogP contribution in [0.5, 0.6) is 0 Å². The van der Waals surface area contributed by atoms with Crippen molar-refractivity contribution in [3.05, 3.63) is 59.2 Å². The summed E-state index contributed by atoms with van der Waals surface area (Å²) in [6.45, 7) is 0. The molecule has 1 aromatic carbocycles. The zero-order valence-corrected chi connectivity index (χ0v) is 13.3. The van der Waals surface area contributed by atoms with Crippen LogP contribution >= 0.6 is 0 Å². The molecule has 1 aliphatic rings. The Balaban J connectivity index is 1.68. The van der Waals surface area contributed by atoms with Gasteiger partial charge in [0.15, 0.2) is 0 Å². The number of oxime groups is 1. The van der Waals surface area contributed by atoms with Gasteiger partial charge in [0.2, 0.25) is 5.82 Å². The van der Waals surface area contributed by atoms with E-state index >= 15 is 0 Å². The average Bonchev–Trinajstić information content (AvgIpc) is 2.99. The van der Waals surface area contributed by atoms with Crippen molar-refractivity contribution in [2.24, 2.45) is 5.16 Å². The van der Waals surface area contributed by atoms with Gasteiger partial charge in [-0.15, -0.1) is 0 Å². The van der Waals surface area contributed by atoms with Crippen molar-refractivity contribution >= 4 is 5.71 Å². The number of hydrogen-bond donors (Lipinski definition) is 1. The van der Waals surface area contributed by atoms with Gasteiger partial charge in [0.05, 0.1) is 12.1 Å². The predicted molar refractivity (Wildman–Crippen MR) is 79.5 cm³/mol. The minimum Gasteiger partial charge on any atom is -0.350 e. The molecule has 0 spiro atoms. The molecule has 1 aromatic heterocycles. The maximum atomic E-state index is 12.7. The van der Waals surface area contributed by atoms with E-state index in [4.69, 9.17) is 0 Å². The lowest BCUT2D eigenvalue weighted by Crippen LogP contribution is -2.45. The van der Waals surface area contributed by atoms with Gasteiger partial charge in [-0.3, -0.25) is 0 Å². The van der Waals surface area contributed by atoms with E-state index in [1.165, 1.54) is 12.1 Å². The number of nitrogens with zero attached hydrogens (tertiary/aromatic N) is 3. The summed E-state index contributed by atoms with van der Waals surface area (Å²) >= 11 is 0. The van der Waals surface area contributed by atoms with Gasteiger partial charge in [-0.25, -0.2) is 9.97 Å². The Hall–Kier alpha value is -2.69. The molecule has 3 rings (SSSR count). The van der Waals surface area contributed by atoms with Crippen molar-refractivity contribution < 1.29 is 36.3 Å². The smallest absolute Gasteiger partial charge is 0.350 e. The van der Waals surface area contributed by atoms with Crippen molar-refractivity contribution in [3.63, 3.8) is 0 Å². The quantitative estimate of drug-likeness (QED) is 0.814. The van der Waals surface area contributed by atoms with Crippen molar-refractivity contribution in [2.75, 3.05) is 0 Å². The molecule has 0 radical (unpaired) electrons. The van der Waals surface area contributed by atoms with E-state index in [2.05, 4.69) is 20.0 Å². The van der Waals surface area contributed by atoms with Crippen LogP contribution in [-0.2, 0) is 17.4 Å². The fourth-order valence-corrected chi connectivity index (χ4v) is 2.37. The summed E-state index contributed by atoms with van der Waals surface area (Å²) in [5, 5.41) is 12.7. The first kappa shape index (κ1) is 19.1. The summed E-state index contributed by atoms with van der Waals surface area (Å²) in [6, 6.07) is 6.09. The van der Waals surface area contributed by atoms with Crippen LogP contribution < -0.4 is 0 Å². The third kappa shape index (κ3) is 4.02. The van der Waals surface area contributed by atoms with Crippen LogP contribution in [0.15, 0.2) is 41.8 Å². The summed E-state index contributed by atoms with van der Waals surface area (Å²) in [4.78, 5) is 10.7. The second-order valence-corrected chi connectivity index (χ2v) is 5.87. The molecule has 0 aliphatic carbocycles. The topological polar surface area (TPSA) is 67.6 Å². The summed E-state index contributed by atoms with van der Waals surface area (Å²) in [7, 11) is 0. The fourth-order valence-electron chi connectivity index (χ4n) is 2.37. The zero-order valence-electron chi connectivity index (χ0n) is 13.3. The number of halogens is 6. The lowest BCUT2D eigenvalue weighted by Gasteiger charge is -2.22. The molecule has 0 saturated heterocycles. The summed E-state index contributed by atoms with van der Waals surface area (Å²) < 4.78 is 75.4. The SMILES string of the molecule is OC1(C(F)(F)F)CC(c2ccc(Cc3cnc(C(F)(F)F)nc3)cc2)=NO1. The molecule has 144 valence electrons. The first-order valence-corrected chi connectivity index (χ1v) is 7.49. The number of alkyl halides is 6. The maximum absolute atomic E-state index is 12.7. The van der Waals surface area contributed by atoms with Crippen LogP contribution in [0.4, 0.5) is 26.3 Å². The van der Waals surface area contributed by atoms with Gasteiger partial charge in [-0.2, -0.15) is 26.3 Å². The largest absolute Gasteiger partial charge is 0.458 e. The molecular weight excluding hydrogens is 380 g/mol. The highest BCUT2D eigenvalue weighted by Crippen LogP contribution is 2.38. The molecule has 0 bridgehead atoms. The number of aromatic nitrogens is 2. The molecule has 11 heteroatoms. The van der Waals surface area contributed by atoms with Crippen molar-refractivity contribution in [3.8, 4) is 0 Å². The Morgan fingerprint density at radius 1 is 0.963 bits per heavy atom. The van der Waals surface area contributed by atoms with Gasteiger partial charge in [-0.1, -0.05) is 29.4 Å². The standard InChI is InChI=1S/C16H11F6N3O2/c17-15(18,19)13-23-7-10(8-24-13)5-9-1-3-11(4-2-9)12-6-14(26,27-25-12)16(20,21)22/h1-4,7-8,26H,5-6H2. The third-order valence-corrected chi connectivity index (χ3v) is 3.81. The highest BCUT2D eigenvalue weighted by Gasteiger charge is 2.60. The molecule has 0 amide bonds. The van der Waals surface area contributed by atoms with Gasteiger partial charge in [0, 0.05) is 18.8 Å². The predicted octanol–water partition coefficient (Wildman–Crippen LogP) is 3.46. The van der Waals surface area contributed by atoms with Gasteiger partial charge < -0.3 is 9.94 Å². The van der Waals surface area contributed by atoms with Crippen molar-refractivity contribution in [1.82, 2.24) is 9.97 Å². The molecule has 1 N–H and O–H groups in total. The molecular formula is C16H11F6N3O2. The van der Waals surface area contributed by atoms with Gasteiger partial charge >= 0.3 is 18.1 Å². The second-order valence-electron chi connectivity index (χ2n) is 5.87. The Bertz CT molecular complexity index is 846. The minimum absolute atomic E-state index is 0.0701. The summed E-state index contributed by atoms with van der Waals surface area (Å²) in [5.41, 5.74) is 1.36. The molecule has 1 unspecified atom stereocenters. The monoisotopic (exact) mass is 391 g/mol. The lowest BCUT2D eigenvalue weighted by atomic mass is 10.00. The molecule has 1 aliphatic heterocycles. The van der Waals surface area contributed by atoms with Crippen molar-refractivity contribution in [2.45, 2.75) is 31.0 Å². The Labute approximate surface area is 148 Å². The molecule has 0 saturated carbocycles. The number of hydrogen-bond acceptors (Lipinski definition) is 5. The summed E-state index contributed by atoms with van der Waals surface area (Å²) in [6.07, 6.45) is -8.11. The molecule has 27 heavy (non-hydrogen) atoms. The Morgan fingerprint density at radius 3 is 2.04 bits per heavy atom. The van der Waals surface area contributed by atoms with E-state index in [0.717, 1.165) is 12.4 Å². The number of aliphatic hydroxyl groups is 1. The van der Waals surface area contributed by atoms with E-state index in [0.29, 0.717) is 16.7 Å². The van der Waals surface area contributed by atoms with Gasteiger partial charge in [-0.05, 0) is 16.7 Å². The van der Waals surface area contributed by atoms with E-state index in [-0.39, 0.29) is 12.1 Å². The highest BCUT2D eigenvalue weighted by molar-refractivity contribution is 6.01. The summed E-state index contributed by atoms with van der Waals surface area (Å²) in [5.74, 6) is -4.59. The average molecular weight is 391 g/mol. The molecule has 5 nitrogen and oxygen atoms in total. The maximum Gasteiger partial charge on any atom is 0.458 e. The highest BCUT2D eigenvalue weighted by atomic mass is 19.4. The Morgan fingerprint density at radius 2 is 1.56 bits per heavy atom. The van der Waals surface area contributed by atoms with Gasteiger partial charge in [0.25, 0.3) is 0 Å². The van der Waals surface area contributed by atoms with Crippen molar-refractivity contribution in [1.29, 1.82) is 0 Å². The van der Waals surface area contributed by atoms with Gasteiger partial charge in [0.1, 0.15) is 0 Å².